The Bertz CT molecular complexity index is 3350. The van der Waals surface area contributed by atoms with Crippen molar-refractivity contribution in [1.82, 2.24) is 0 Å². The van der Waals surface area contributed by atoms with E-state index in [-0.39, 0.29) is 10.8 Å². The second-order valence-electron chi connectivity index (χ2n) is 22.0. The van der Waals surface area contributed by atoms with Crippen molar-refractivity contribution in [1.29, 1.82) is 0 Å². The molecular weight excluding hydrogens is 845 g/mol. The number of hydrogen-bond acceptors (Lipinski definition) is 2. The molecule has 0 aliphatic heterocycles. The SMILES string of the molecule is Cc1cc(N(c2ccc(C#Cc3ccc4c(c3)C(C)(C)c3cc5c(cc3-4)C(C)(C)c3cc(N(c4cc(C)c(C)c(C)c4)c4cc(C)c(C)c(C)c4)ccc3-5)cc2)c2cc(C)c(C)c(C)c2)cc(C)c1C. The number of benzene rings is 8. The van der Waals surface area contributed by atoms with E-state index in [9.17, 15) is 0 Å². The second-order valence-corrected chi connectivity index (χ2v) is 22.0. The lowest BCUT2D eigenvalue weighted by atomic mass is 9.79. The van der Waals surface area contributed by atoms with Crippen molar-refractivity contribution in [3.63, 3.8) is 0 Å². The molecule has 8 aromatic carbocycles. The zero-order chi connectivity index (χ0) is 49.9. The standard InChI is InChI=1S/C68H68N2/c1-39-27-55(28-40(2)47(39)9)69(56-29-41(3)48(10)42(4)30-56)53-22-19-51(20-23-53)17-18-52-21-25-59-61-37-66-62(38-65(61)67(13,14)63(59)35-52)60-26-24-54(36-64(60)68(66,15)16)70(57-31-43(5)49(11)44(6)32-57)58-33-45(7)50(12)46(8)34-58/h19-38H,1-16H3. The molecule has 0 amide bonds. The summed E-state index contributed by atoms with van der Waals surface area (Å²) >= 11 is 0. The highest BCUT2D eigenvalue weighted by Crippen LogP contribution is 2.57. The van der Waals surface area contributed by atoms with Crippen LogP contribution in [-0.2, 0) is 10.8 Å². The van der Waals surface area contributed by atoms with Gasteiger partial charge in [0.25, 0.3) is 0 Å². The molecule has 2 heteroatoms. The predicted molar refractivity (Wildman–Crippen MR) is 300 cm³/mol. The topological polar surface area (TPSA) is 6.48 Å². The molecule has 0 radical (unpaired) electrons. The van der Waals surface area contributed by atoms with Crippen LogP contribution in [0.15, 0.2) is 121 Å². The van der Waals surface area contributed by atoms with Gasteiger partial charge in [0, 0.05) is 56.1 Å². The van der Waals surface area contributed by atoms with Crippen molar-refractivity contribution in [2.45, 2.75) is 122 Å². The Balaban J connectivity index is 0.973. The number of rotatable bonds is 6. The zero-order valence-electron chi connectivity index (χ0n) is 44.4. The van der Waals surface area contributed by atoms with E-state index < -0.39 is 0 Å². The normalized spacial score (nSPS) is 13.5. The number of aryl methyl sites for hydroxylation is 8. The maximum Gasteiger partial charge on any atom is 0.0467 e. The van der Waals surface area contributed by atoms with Crippen molar-refractivity contribution in [2.75, 3.05) is 9.80 Å². The first-order chi connectivity index (χ1) is 33.1. The first-order valence-corrected chi connectivity index (χ1v) is 25.2. The Hall–Kier alpha value is -7.08. The average Bonchev–Trinajstić information content (AvgIpc) is 3.67. The van der Waals surface area contributed by atoms with Crippen LogP contribution in [0.3, 0.4) is 0 Å². The Morgan fingerprint density at radius 2 is 0.557 bits per heavy atom. The van der Waals surface area contributed by atoms with E-state index in [4.69, 9.17) is 0 Å². The second kappa shape index (κ2) is 16.8. The number of nitrogens with zero attached hydrogens (tertiary/aromatic N) is 2. The summed E-state index contributed by atoms with van der Waals surface area (Å²) in [7, 11) is 0. The molecule has 0 bridgehead atoms. The van der Waals surface area contributed by atoms with Gasteiger partial charge in [-0.25, -0.2) is 0 Å². The van der Waals surface area contributed by atoms with Crippen molar-refractivity contribution in [3.8, 4) is 34.1 Å². The summed E-state index contributed by atoms with van der Waals surface area (Å²) in [6.45, 7) is 36.3. The smallest absolute Gasteiger partial charge is 0.0467 e. The van der Waals surface area contributed by atoms with Gasteiger partial charge in [-0.2, -0.15) is 0 Å². The first kappa shape index (κ1) is 46.6. The molecule has 0 N–H and O–H groups in total. The lowest BCUT2D eigenvalue weighted by Crippen LogP contribution is -2.18. The van der Waals surface area contributed by atoms with E-state index in [1.807, 2.05) is 0 Å². The van der Waals surface area contributed by atoms with Crippen molar-refractivity contribution in [3.05, 3.63) is 221 Å². The van der Waals surface area contributed by atoms with Crippen LogP contribution < -0.4 is 9.80 Å². The molecule has 0 saturated heterocycles. The number of hydrogen-bond donors (Lipinski definition) is 0. The maximum absolute atomic E-state index is 3.57. The van der Waals surface area contributed by atoms with Gasteiger partial charge in [0.15, 0.2) is 0 Å². The van der Waals surface area contributed by atoms with Crippen LogP contribution in [-0.4, -0.2) is 0 Å². The highest BCUT2D eigenvalue weighted by Gasteiger charge is 2.42. The third-order valence-electron chi connectivity index (χ3n) is 16.9. The van der Waals surface area contributed by atoms with Crippen LogP contribution in [0.25, 0.3) is 22.3 Å². The van der Waals surface area contributed by atoms with Gasteiger partial charge < -0.3 is 9.80 Å². The van der Waals surface area contributed by atoms with E-state index in [1.54, 1.807) is 0 Å². The largest absolute Gasteiger partial charge is 0.310 e. The van der Waals surface area contributed by atoms with Gasteiger partial charge in [0.05, 0.1) is 0 Å². The molecule has 0 aromatic heterocycles. The lowest BCUT2D eigenvalue weighted by Gasteiger charge is -2.30. The summed E-state index contributed by atoms with van der Waals surface area (Å²) in [5.74, 6) is 7.10. The van der Waals surface area contributed by atoms with E-state index in [0.717, 1.165) is 16.8 Å². The summed E-state index contributed by atoms with van der Waals surface area (Å²) < 4.78 is 0. The van der Waals surface area contributed by atoms with Gasteiger partial charge in [-0.3, -0.25) is 0 Å². The number of anilines is 6. The molecule has 2 aliphatic carbocycles. The molecule has 2 nitrogen and oxygen atoms in total. The predicted octanol–water partition coefficient (Wildman–Crippen LogP) is 18.3. The maximum atomic E-state index is 3.57. The molecule has 70 heavy (non-hydrogen) atoms. The van der Waals surface area contributed by atoms with Crippen LogP contribution in [0.1, 0.15) is 128 Å². The van der Waals surface area contributed by atoms with Gasteiger partial charge in [-0.05, 0) is 304 Å². The highest BCUT2D eigenvalue weighted by atomic mass is 15.1. The van der Waals surface area contributed by atoms with Crippen molar-refractivity contribution < 1.29 is 0 Å². The van der Waals surface area contributed by atoms with E-state index in [0.29, 0.717) is 0 Å². The third-order valence-corrected chi connectivity index (χ3v) is 16.9. The third kappa shape index (κ3) is 7.58. The van der Waals surface area contributed by atoms with Gasteiger partial charge in [0.1, 0.15) is 0 Å². The molecule has 0 spiro atoms. The van der Waals surface area contributed by atoms with E-state index >= 15 is 0 Å². The Labute approximate surface area is 419 Å². The number of fused-ring (bicyclic) bond motifs is 6. The minimum absolute atomic E-state index is 0.187. The molecule has 10 rings (SSSR count). The van der Waals surface area contributed by atoms with Gasteiger partial charge in [0.2, 0.25) is 0 Å². The molecule has 0 saturated carbocycles. The molecule has 0 unspecified atom stereocenters. The van der Waals surface area contributed by atoms with Crippen molar-refractivity contribution >= 4 is 34.1 Å². The Kier molecular flexibility index (Phi) is 11.2. The van der Waals surface area contributed by atoms with E-state index in [2.05, 4.69) is 254 Å². The van der Waals surface area contributed by atoms with Crippen LogP contribution in [0.2, 0.25) is 0 Å². The minimum atomic E-state index is -0.194. The molecular formula is C68H68N2. The summed E-state index contributed by atoms with van der Waals surface area (Å²) in [5, 5.41) is 0. The van der Waals surface area contributed by atoms with Crippen LogP contribution >= 0.6 is 0 Å². The Morgan fingerprint density at radius 3 is 0.943 bits per heavy atom. The molecule has 2 aliphatic rings. The zero-order valence-corrected chi connectivity index (χ0v) is 44.4. The fraction of sp³-hybridized carbons (Fsp3) is 0.265. The summed E-state index contributed by atoms with van der Waals surface area (Å²) in [6.07, 6.45) is 0. The quantitative estimate of drug-likeness (QED) is 0.153. The van der Waals surface area contributed by atoms with Crippen LogP contribution in [0.4, 0.5) is 34.1 Å². The minimum Gasteiger partial charge on any atom is -0.310 e. The lowest BCUT2D eigenvalue weighted by molar-refractivity contribution is 0.652. The molecule has 0 atom stereocenters. The van der Waals surface area contributed by atoms with Crippen LogP contribution in [0.5, 0.6) is 0 Å². The molecule has 0 heterocycles. The van der Waals surface area contributed by atoms with Gasteiger partial charge in [-0.15, -0.1) is 0 Å². The highest BCUT2D eigenvalue weighted by molar-refractivity contribution is 5.92. The van der Waals surface area contributed by atoms with E-state index in [1.165, 1.54) is 140 Å². The fourth-order valence-corrected chi connectivity index (χ4v) is 11.5. The molecule has 350 valence electrons. The van der Waals surface area contributed by atoms with Crippen molar-refractivity contribution in [2.24, 2.45) is 0 Å². The Morgan fingerprint density at radius 1 is 0.271 bits per heavy atom. The van der Waals surface area contributed by atoms with Gasteiger partial charge >= 0.3 is 0 Å². The monoisotopic (exact) mass is 913 g/mol. The molecule has 0 fully saturated rings. The van der Waals surface area contributed by atoms with Crippen LogP contribution in [0, 0.1) is 94.9 Å². The molecule has 8 aromatic rings. The van der Waals surface area contributed by atoms with Gasteiger partial charge in [-0.1, -0.05) is 51.7 Å². The average molecular weight is 913 g/mol. The fourth-order valence-electron chi connectivity index (χ4n) is 11.5. The first-order valence-electron chi connectivity index (χ1n) is 25.2. The summed E-state index contributed by atoms with van der Waals surface area (Å²) in [5.41, 5.74) is 35.4. The summed E-state index contributed by atoms with van der Waals surface area (Å²) in [6, 6.07) is 46.6. The summed E-state index contributed by atoms with van der Waals surface area (Å²) in [4.78, 5) is 4.86.